The fourth-order valence-corrected chi connectivity index (χ4v) is 2.43. The van der Waals surface area contributed by atoms with Crippen molar-refractivity contribution in [2.24, 2.45) is 5.84 Å². The summed E-state index contributed by atoms with van der Waals surface area (Å²) in [6.07, 6.45) is 3.62. The van der Waals surface area contributed by atoms with Gasteiger partial charge in [0.15, 0.2) is 0 Å². The van der Waals surface area contributed by atoms with Crippen LogP contribution >= 0.6 is 0 Å². The molecule has 1 unspecified atom stereocenters. The molecule has 1 aromatic heterocycles. The minimum absolute atomic E-state index is 0.141. The Labute approximate surface area is 120 Å². The number of aromatic nitrogens is 1. The van der Waals surface area contributed by atoms with Gasteiger partial charge in [0.05, 0.1) is 13.2 Å². The lowest BCUT2D eigenvalue weighted by Crippen LogP contribution is -2.30. The molecule has 2 rings (SSSR count). The fourth-order valence-electron chi connectivity index (χ4n) is 2.43. The van der Waals surface area contributed by atoms with E-state index < -0.39 is 0 Å². The van der Waals surface area contributed by atoms with E-state index in [9.17, 15) is 0 Å². The van der Waals surface area contributed by atoms with Crippen LogP contribution in [0.4, 0.5) is 0 Å². The van der Waals surface area contributed by atoms with Gasteiger partial charge >= 0.3 is 0 Å². The maximum atomic E-state index is 5.78. The van der Waals surface area contributed by atoms with Gasteiger partial charge in [-0.2, -0.15) is 0 Å². The molecule has 0 spiro atoms. The molecule has 4 heteroatoms. The Hall–Kier alpha value is -1.91. The van der Waals surface area contributed by atoms with E-state index in [1.54, 1.807) is 13.3 Å². The molecule has 4 nitrogen and oxygen atoms in total. The Morgan fingerprint density at radius 3 is 2.45 bits per heavy atom. The Morgan fingerprint density at radius 2 is 1.85 bits per heavy atom. The van der Waals surface area contributed by atoms with Crippen molar-refractivity contribution < 1.29 is 4.74 Å². The van der Waals surface area contributed by atoms with Crippen LogP contribution in [0.1, 0.15) is 33.9 Å². The molecule has 0 bridgehead atoms. The zero-order valence-electron chi connectivity index (χ0n) is 12.4. The average Bonchev–Trinajstić information content (AvgIpc) is 2.45. The minimum atomic E-state index is -0.141. The average molecular weight is 271 g/mol. The monoisotopic (exact) mass is 271 g/mol. The van der Waals surface area contributed by atoms with Gasteiger partial charge in [-0.25, -0.2) is 5.43 Å². The number of rotatable bonds is 4. The number of hydrogen-bond acceptors (Lipinski definition) is 4. The van der Waals surface area contributed by atoms with Crippen molar-refractivity contribution >= 4 is 0 Å². The molecule has 0 saturated carbocycles. The molecule has 2 aromatic rings. The summed E-state index contributed by atoms with van der Waals surface area (Å²) in [6, 6.07) is 5.98. The predicted octanol–water partition coefficient (Wildman–Crippen LogP) is 2.57. The highest BCUT2D eigenvalue weighted by Crippen LogP contribution is 2.34. The van der Waals surface area contributed by atoms with Crippen LogP contribution in [0.25, 0.3) is 0 Å². The Kier molecular flexibility index (Phi) is 4.37. The van der Waals surface area contributed by atoms with Crippen molar-refractivity contribution in [3.05, 3.63) is 58.4 Å². The summed E-state index contributed by atoms with van der Waals surface area (Å²) in [5, 5.41) is 0. The van der Waals surface area contributed by atoms with E-state index in [0.717, 1.165) is 28.0 Å². The van der Waals surface area contributed by atoms with Gasteiger partial charge in [-0.3, -0.25) is 10.8 Å². The third kappa shape index (κ3) is 2.53. The second-order valence-electron chi connectivity index (χ2n) is 4.96. The number of nitrogens with two attached hydrogens (primary N) is 1. The third-order valence-corrected chi connectivity index (χ3v) is 3.78. The van der Waals surface area contributed by atoms with Gasteiger partial charge in [0, 0.05) is 18.0 Å². The predicted molar refractivity (Wildman–Crippen MR) is 80.6 cm³/mol. The van der Waals surface area contributed by atoms with Gasteiger partial charge in [-0.05, 0) is 49.1 Å². The number of hydrogen-bond donors (Lipinski definition) is 2. The molecular weight excluding hydrogens is 250 g/mol. The van der Waals surface area contributed by atoms with Gasteiger partial charge in [-0.15, -0.1) is 0 Å². The molecule has 0 saturated heterocycles. The van der Waals surface area contributed by atoms with Crippen LogP contribution in [-0.4, -0.2) is 12.1 Å². The molecule has 106 valence electrons. The number of aryl methyl sites for hydroxylation is 2. The number of ether oxygens (including phenoxy) is 1. The van der Waals surface area contributed by atoms with E-state index in [4.69, 9.17) is 10.6 Å². The van der Waals surface area contributed by atoms with Gasteiger partial charge < -0.3 is 4.74 Å². The van der Waals surface area contributed by atoms with Crippen LogP contribution < -0.4 is 16.0 Å². The lowest BCUT2D eigenvalue weighted by Gasteiger charge is -2.22. The van der Waals surface area contributed by atoms with E-state index in [1.807, 2.05) is 12.3 Å². The van der Waals surface area contributed by atoms with Crippen molar-refractivity contribution in [3.8, 4) is 5.75 Å². The quantitative estimate of drug-likeness (QED) is 0.663. The van der Waals surface area contributed by atoms with Crippen molar-refractivity contribution in [2.45, 2.75) is 26.8 Å². The Morgan fingerprint density at radius 1 is 1.10 bits per heavy atom. The molecule has 0 aliphatic rings. The highest BCUT2D eigenvalue weighted by Gasteiger charge is 2.20. The zero-order chi connectivity index (χ0) is 14.7. The van der Waals surface area contributed by atoms with E-state index in [1.165, 1.54) is 5.56 Å². The van der Waals surface area contributed by atoms with Crippen LogP contribution in [-0.2, 0) is 0 Å². The molecule has 0 fully saturated rings. The summed E-state index contributed by atoms with van der Waals surface area (Å²) in [4.78, 5) is 4.20. The first-order valence-electron chi connectivity index (χ1n) is 6.60. The maximum absolute atomic E-state index is 5.78. The summed E-state index contributed by atoms with van der Waals surface area (Å²) in [7, 11) is 1.69. The molecule has 3 N–H and O–H groups in total. The fraction of sp³-hybridized carbons (Fsp3) is 0.312. The molecule has 0 aliphatic carbocycles. The van der Waals surface area contributed by atoms with Gasteiger partial charge in [-0.1, -0.05) is 12.1 Å². The Bertz CT molecular complexity index is 611. The molecule has 1 aromatic carbocycles. The standard InChI is InChI=1S/C16H21N3O/c1-10-5-6-13(16(20-4)12(10)3)15(19-17)14-9-18-8-7-11(14)2/h5-9,15,19H,17H2,1-4H3. The van der Waals surface area contributed by atoms with Crippen LogP contribution in [0.2, 0.25) is 0 Å². The molecule has 0 aliphatic heterocycles. The minimum Gasteiger partial charge on any atom is -0.496 e. The van der Waals surface area contributed by atoms with E-state index in [2.05, 4.69) is 43.3 Å². The highest BCUT2D eigenvalue weighted by atomic mass is 16.5. The van der Waals surface area contributed by atoms with Gasteiger partial charge in [0.2, 0.25) is 0 Å². The van der Waals surface area contributed by atoms with Gasteiger partial charge in [0.1, 0.15) is 5.75 Å². The highest BCUT2D eigenvalue weighted by molar-refractivity contribution is 5.50. The topological polar surface area (TPSA) is 60.2 Å². The second-order valence-corrected chi connectivity index (χ2v) is 4.96. The van der Waals surface area contributed by atoms with E-state index in [-0.39, 0.29) is 6.04 Å². The number of methoxy groups -OCH3 is 1. The van der Waals surface area contributed by atoms with Crippen LogP contribution in [0.15, 0.2) is 30.6 Å². The first-order chi connectivity index (χ1) is 9.60. The Balaban J connectivity index is 2.59. The molecular formula is C16H21N3O. The first-order valence-corrected chi connectivity index (χ1v) is 6.60. The molecule has 0 radical (unpaired) electrons. The number of hydrazine groups is 1. The smallest absolute Gasteiger partial charge is 0.127 e. The maximum Gasteiger partial charge on any atom is 0.127 e. The first kappa shape index (κ1) is 14.5. The SMILES string of the molecule is COc1c(C(NN)c2cnccc2C)ccc(C)c1C. The van der Waals surface area contributed by atoms with Crippen LogP contribution in [0.3, 0.4) is 0 Å². The van der Waals surface area contributed by atoms with E-state index in [0.29, 0.717) is 0 Å². The lowest BCUT2D eigenvalue weighted by atomic mass is 9.93. The summed E-state index contributed by atoms with van der Waals surface area (Å²) in [5.41, 5.74) is 8.42. The summed E-state index contributed by atoms with van der Waals surface area (Å²) in [6.45, 7) is 6.18. The summed E-state index contributed by atoms with van der Waals surface area (Å²) < 4.78 is 5.59. The number of nitrogens with zero attached hydrogens (tertiary/aromatic N) is 1. The van der Waals surface area contributed by atoms with Crippen molar-refractivity contribution in [2.75, 3.05) is 7.11 Å². The molecule has 0 amide bonds. The molecule has 1 heterocycles. The third-order valence-electron chi connectivity index (χ3n) is 3.78. The number of nitrogens with one attached hydrogen (secondary N) is 1. The molecule has 1 atom stereocenters. The normalized spacial score (nSPS) is 12.2. The van der Waals surface area contributed by atoms with Crippen LogP contribution in [0.5, 0.6) is 5.75 Å². The van der Waals surface area contributed by atoms with E-state index >= 15 is 0 Å². The molecule has 20 heavy (non-hydrogen) atoms. The second kappa shape index (κ2) is 6.03. The number of benzene rings is 1. The van der Waals surface area contributed by atoms with Crippen molar-refractivity contribution in [1.29, 1.82) is 0 Å². The zero-order valence-corrected chi connectivity index (χ0v) is 12.4. The van der Waals surface area contributed by atoms with Crippen molar-refractivity contribution in [3.63, 3.8) is 0 Å². The van der Waals surface area contributed by atoms with Crippen LogP contribution in [0, 0.1) is 20.8 Å². The number of pyridine rings is 1. The summed E-state index contributed by atoms with van der Waals surface area (Å²) >= 11 is 0. The van der Waals surface area contributed by atoms with Gasteiger partial charge in [0.25, 0.3) is 0 Å². The lowest BCUT2D eigenvalue weighted by molar-refractivity contribution is 0.400. The van der Waals surface area contributed by atoms with Crippen molar-refractivity contribution in [1.82, 2.24) is 10.4 Å². The largest absolute Gasteiger partial charge is 0.496 e. The summed E-state index contributed by atoms with van der Waals surface area (Å²) in [5.74, 6) is 6.66.